The minimum atomic E-state index is -0.755. The lowest BCUT2D eigenvalue weighted by Crippen LogP contribution is -2.41. The predicted molar refractivity (Wildman–Crippen MR) is 80.2 cm³/mol. The summed E-state index contributed by atoms with van der Waals surface area (Å²) in [6.45, 7) is 3.06. The van der Waals surface area contributed by atoms with Crippen molar-refractivity contribution in [2.24, 2.45) is 5.92 Å². The summed E-state index contributed by atoms with van der Waals surface area (Å²) in [6, 6.07) is 9.19. The van der Waals surface area contributed by atoms with Gasteiger partial charge in [0.15, 0.2) is 0 Å². The summed E-state index contributed by atoms with van der Waals surface area (Å²) in [5.74, 6) is -0.395. The van der Waals surface area contributed by atoms with E-state index in [9.17, 15) is 9.59 Å². The van der Waals surface area contributed by atoms with Gasteiger partial charge in [-0.2, -0.15) is 0 Å². The second-order valence-corrected chi connectivity index (χ2v) is 5.53. The average Bonchev–Trinajstić information content (AvgIpc) is 2.52. The molecule has 1 unspecified atom stereocenters. The van der Waals surface area contributed by atoms with Gasteiger partial charge in [0.25, 0.3) is 5.91 Å². The van der Waals surface area contributed by atoms with Crippen LogP contribution in [0, 0.1) is 5.92 Å². The van der Waals surface area contributed by atoms with Crippen LogP contribution in [0.1, 0.15) is 29.6 Å². The van der Waals surface area contributed by atoms with E-state index in [-0.39, 0.29) is 12.3 Å². The van der Waals surface area contributed by atoms with Crippen molar-refractivity contribution in [3.63, 3.8) is 0 Å². The highest BCUT2D eigenvalue weighted by Gasteiger charge is 2.20. The molecule has 21 heavy (non-hydrogen) atoms. The van der Waals surface area contributed by atoms with Crippen LogP contribution < -0.4 is 5.32 Å². The summed E-state index contributed by atoms with van der Waals surface area (Å²) in [5, 5.41) is 11.7. The van der Waals surface area contributed by atoms with E-state index in [0.29, 0.717) is 24.6 Å². The third kappa shape index (κ3) is 5.19. The van der Waals surface area contributed by atoms with Crippen molar-refractivity contribution in [2.45, 2.75) is 19.3 Å². The van der Waals surface area contributed by atoms with Crippen LogP contribution in [-0.2, 0) is 4.79 Å². The number of carboxylic acids is 1. The Morgan fingerprint density at radius 2 is 2.05 bits per heavy atom. The minimum absolute atomic E-state index is 0.0433. The lowest BCUT2D eigenvalue weighted by Gasteiger charge is -2.32. The summed E-state index contributed by atoms with van der Waals surface area (Å²) < 4.78 is 0. The monoisotopic (exact) mass is 290 g/mol. The topological polar surface area (TPSA) is 69.6 Å². The molecule has 1 amide bonds. The summed E-state index contributed by atoms with van der Waals surface area (Å²) in [6.07, 6.45) is 2.33. The fourth-order valence-electron chi connectivity index (χ4n) is 2.70. The van der Waals surface area contributed by atoms with E-state index < -0.39 is 5.97 Å². The lowest BCUT2D eigenvalue weighted by atomic mass is 9.97. The second kappa shape index (κ2) is 7.78. The predicted octanol–water partition coefficient (Wildman–Crippen LogP) is 1.60. The molecule has 1 heterocycles. The van der Waals surface area contributed by atoms with Crippen LogP contribution in [0.5, 0.6) is 0 Å². The molecule has 0 saturated carbocycles. The molecular weight excluding hydrogens is 268 g/mol. The highest BCUT2D eigenvalue weighted by molar-refractivity contribution is 5.94. The van der Waals surface area contributed by atoms with E-state index in [4.69, 9.17) is 5.11 Å². The molecule has 1 atom stereocenters. The third-order valence-corrected chi connectivity index (χ3v) is 3.83. The largest absolute Gasteiger partial charge is 0.481 e. The molecule has 1 aromatic rings. The van der Waals surface area contributed by atoms with Crippen molar-refractivity contribution in [2.75, 3.05) is 26.2 Å². The molecule has 1 fully saturated rings. The number of carboxylic acid groups (broad SMARTS) is 1. The third-order valence-electron chi connectivity index (χ3n) is 3.83. The first-order valence-corrected chi connectivity index (χ1v) is 7.42. The lowest BCUT2D eigenvalue weighted by molar-refractivity contribution is -0.137. The van der Waals surface area contributed by atoms with Crippen LogP contribution in [0.25, 0.3) is 0 Å². The smallest absolute Gasteiger partial charge is 0.304 e. The molecule has 5 heteroatoms. The number of aliphatic carboxylic acids is 1. The van der Waals surface area contributed by atoms with Crippen molar-refractivity contribution in [3.05, 3.63) is 35.9 Å². The molecule has 2 N–H and O–H groups in total. The molecule has 1 aliphatic rings. The van der Waals surface area contributed by atoms with Gasteiger partial charge in [0.2, 0.25) is 0 Å². The van der Waals surface area contributed by atoms with Crippen LogP contribution in [-0.4, -0.2) is 48.1 Å². The second-order valence-electron chi connectivity index (χ2n) is 5.53. The fourth-order valence-corrected chi connectivity index (χ4v) is 2.70. The number of likely N-dealkylation sites (tertiary alicyclic amines) is 1. The normalized spacial score (nSPS) is 19.1. The van der Waals surface area contributed by atoms with E-state index >= 15 is 0 Å². The van der Waals surface area contributed by atoms with Crippen molar-refractivity contribution >= 4 is 11.9 Å². The fraction of sp³-hybridized carbons (Fsp3) is 0.500. The zero-order valence-electron chi connectivity index (χ0n) is 12.1. The molecule has 2 rings (SSSR count). The van der Waals surface area contributed by atoms with Gasteiger partial charge in [-0.25, -0.2) is 0 Å². The summed E-state index contributed by atoms with van der Waals surface area (Å²) in [5.41, 5.74) is 0.677. The molecule has 0 radical (unpaired) electrons. The molecule has 1 aliphatic heterocycles. The maximum absolute atomic E-state index is 12.0. The molecule has 1 aromatic carbocycles. The number of benzene rings is 1. The van der Waals surface area contributed by atoms with Gasteiger partial charge >= 0.3 is 5.97 Å². The Morgan fingerprint density at radius 1 is 1.29 bits per heavy atom. The van der Waals surface area contributed by atoms with Gasteiger partial charge in [-0.15, -0.1) is 0 Å². The number of nitrogens with zero attached hydrogens (tertiary/aromatic N) is 1. The van der Waals surface area contributed by atoms with E-state index in [2.05, 4.69) is 10.2 Å². The van der Waals surface area contributed by atoms with Crippen molar-refractivity contribution in [1.29, 1.82) is 0 Å². The van der Waals surface area contributed by atoms with Crippen LogP contribution in [0.3, 0.4) is 0 Å². The van der Waals surface area contributed by atoms with Gasteiger partial charge in [-0.3, -0.25) is 9.59 Å². The number of nitrogens with one attached hydrogen (secondary N) is 1. The Bertz CT molecular complexity index is 476. The molecule has 0 bridgehead atoms. The Kier molecular flexibility index (Phi) is 5.75. The zero-order valence-corrected chi connectivity index (χ0v) is 12.1. The average molecular weight is 290 g/mol. The van der Waals surface area contributed by atoms with Crippen LogP contribution in [0.4, 0.5) is 0 Å². The Morgan fingerprint density at radius 3 is 2.76 bits per heavy atom. The molecule has 0 spiro atoms. The van der Waals surface area contributed by atoms with Gasteiger partial charge in [-0.1, -0.05) is 18.2 Å². The maximum Gasteiger partial charge on any atom is 0.304 e. The van der Waals surface area contributed by atoms with Gasteiger partial charge in [0, 0.05) is 25.2 Å². The van der Waals surface area contributed by atoms with Gasteiger partial charge < -0.3 is 15.3 Å². The Labute approximate surface area is 125 Å². The van der Waals surface area contributed by atoms with E-state index in [1.807, 2.05) is 18.2 Å². The summed E-state index contributed by atoms with van der Waals surface area (Å²) >= 11 is 0. The molecule has 1 saturated heterocycles. The van der Waals surface area contributed by atoms with Crippen LogP contribution in [0.2, 0.25) is 0 Å². The minimum Gasteiger partial charge on any atom is -0.481 e. The van der Waals surface area contributed by atoms with E-state index in [1.54, 1.807) is 12.1 Å². The van der Waals surface area contributed by atoms with E-state index in [1.165, 1.54) is 0 Å². The number of carbonyl (C=O) groups is 2. The molecule has 0 aromatic heterocycles. The highest BCUT2D eigenvalue weighted by Crippen LogP contribution is 2.16. The molecule has 114 valence electrons. The number of rotatable bonds is 6. The number of carbonyl (C=O) groups excluding carboxylic acids is 1. The van der Waals surface area contributed by atoms with E-state index in [0.717, 1.165) is 25.9 Å². The SMILES string of the molecule is O=C(O)CCN1CCCC(CNC(=O)c2ccccc2)C1. The number of hydrogen-bond acceptors (Lipinski definition) is 3. The van der Waals surface area contributed by atoms with Crippen LogP contribution >= 0.6 is 0 Å². The quantitative estimate of drug-likeness (QED) is 0.835. The van der Waals surface area contributed by atoms with Gasteiger partial charge in [0.1, 0.15) is 0 Å². The molecule has 5 nitrogen and oxygen atoms in total. The summed E-state index contributed by atoms with van der Waals surface area (Å²) in [7, 11) is 0. The van der Waals surface area contributed by atoms with Gasteiger partial charge in [-0.05, 0) is 37.4 Å². The van der Waals surface area contributed by atoms with Crippen molar-refractivity contribution < 1.29 is 14.7 Å². The zero-order chi connectivity index (χ0) is 15.1. The van der Waals surface area contributed by atoms with Crippen molar-refractivity contribution in [3.8, 4) is 0 Å². The standard InChI is InChI=1S/C16H22N2O3/c19-15(20)8-10-18-9-4-5-13(12-18)11-17-16(21)14-6-2-1-3-7-14/h1-3,6-7,13H,4-5,8-12H2,(H,17,21)(H,19,20). The number of hydrogen-bond donors (Lipinski definition) is 2. The summed E-state index contributed by atoms with van der Waals surface area (Å²) in [4.78, 5) is 24.8. The van der Waals surface area contributed by atoms with Gasteiger partial charge in [0.05, 0.1) is 6.42 Å². The van der Waals surface area contributed by atoms with Crippen LogP contribution in [0.15, 0.2) is 30.3 Å². The molecule has 0 aliphatic carbocycles. The molecular formula is C16H22N2O3. The first-order chi connectivity index (χ1) is 10.1. The number of piperidine rings is 1. The number of amides is 1. The first-order valence-electron chi connectivity index (χ1n) is 7.42. The highest BCUT2D eigenvalue weighted by atomic mass is 16.4. The first kappa shape index (κ1) is 15.5. The maximum atomic E-state index is 12.0. The Hall–Kier alpha value is -1.88. The Balaban J connectivity index is 1.75. The van der Waals surface area contributed by atoms with Crippen molar-refractivity contribution in [1.82, 2.24) is 10.2 Å².